The number of anilines is 3. The van der Waals surface area contributed by atoms with Gasteiger partial charge in [-0.25, -0.2) is 0 Å². The molecule has 2 aromatic rings. The highest BCUT2D eigenvalue weighted by atomic mass is 127. The molecule has 3 N–H and O–H groups in total. The van der Waals surface area contributed by atoms with Crippen LogP contribution in [0.1, 0.15) is 5.69 Å². The van der Waals surface area contributed by atoms with E-state index in [4.69, 9.17) is 5.73 Å². The first-order valence-corrected chi connectivity index (χ1v) is 5.96. The van der Waals surface area contributed by atoms with Crippen molar-refractivity contribution in [2.75, 3.05) is 11.1 Å². The van der Waals surface area contributed by atoms with Crippen molar-refractivity contribution >= 4 is 39.7 Å². The summed E-state index contributed by atoms with van der Waals surface area (Å²) in [6.07, 6.45) is 1.96. The number of nitrogens with one attached hydrogen (secondary N) is 1. The fraction of sp³-hybridized carbons (Fsp3) is 0.182. The van der Waals surface area contributed by atoms with E-state index in [9.17, 15) is 0 Å². The molecule has 2 rings (SSSR count). The first kappa shape index (κ1) is 11.3. The number of nitrogens with two attached hydrogens (primary N) is 1. The largest absolute Gasteiger partial charge is 0.399 e. The van der Waals surface area contributed by atoms with Crippen LogP contribution in [0, 0.1) is 10.5 Å². The summed E-state index contributed by atoms with van der Waals surface area (Å²) < 4.78 is 2.89. The molecule has 1 aromatic carbocycles. The lowest BCUT2D eigenvalue weighted by molar-refractivity contribution is 0.756. The van der Waals surface area contributed by atoms with Gasteiger partial charge in [0.25, 0.3) is 0 Å². The van der Waals surface area contributed by atoms with Gasteiger partial charge in [-0.2, -0.15) is 5.10 Å². The summed E-state index contributed by atoms with van der Waals surface area (Å²) in [5.74, 6) is 0. The third kappa shape index (κ3) is 2.29. The zero-order valence-electron chi connectivity index (χ0n) is 9.16. The van der Waals surface area contributed by atoms with Gasteiger partial charge < -0.3 is 11.1 Å². The number of hydrogen-bond acceptors (Lipinski definition) is 3. The molecule has 5 heteroatoms. The van der Waals surface area contributed by atoms with Crippen molar-refractivity contribution in [3.63, 3.8) is 0 Å². The van der Waals surface area contributed by atoms with E-state index in [1.165, 1.54) is 0 Å². The Morgan fingerprint density at radius 1 is 1.38 bits per heavy atom. The number of halogens is 1. The molecule has 0 aliphatic rings. The van der Waals surface area contributed by atoms with Crippen LogP contribution in [-0.4, -0.2) is 9.78 Å². The van der Waals surface area contributed by atoms with Gasteiger partial charge in [0, 0.05) is 22.5 Å². The van der Waals surface area contributed by atoms with Crippen molar-refractivity contribution in [1.29, 1.82) is 0 Å². The van der Waals surface area contributed by atoms with Gasteiger partial charge in [0.15, 0.2) is 0 Å². The van der Waals surface area contributed by atoms with Crippen LogP contribution < -0.4 is 11.1 Å². The Bertz CT molecular complexity index is 519. The molecule has 0 radical (unpaired) electrons. The second-order valence-electron chi connectivity index (χ2n) is 3.67. The lowest BCUT2D eigenvalue weighted by atomic mass is 10.2. The van der Waals surface area contributed by atoms with Crippen molar-refractivity contribution < 1.29 is 0 Å². The first-order chi connectivity index (χ1) is 7.56. The molecular formula is C11H13IN4. The van der Waals surface area contributed by atoms with E-state index in [1.807, 2.05) is 38.4 Å². The van der Waals surface area contributed by atoms with Crippen LogP contribution in [-0.2, 0) is 7.05 Å². The van der Waals surface area contributed by atoms with Gasteiger partial charge in [-0.05, 0) is 47.7 Å². The summed E-state index contributed by atoms with van der Waals surface area (Å²) >= 11 is 2.26. The number of rotatable bonds is 2. The van der Waals surface area contributed by atoms with Gasteiger partial charge in [-0.3, -0.25) is 4.68 Å². The zero-order valence-corrected chi connectivity index (χ0v) is 11.3. The van der Waals surface area contributed by atoms with Crippen molar-refractivity contribution in [2.24, 2.45) is 7.05 Å². The molecule has 4 nitrogen and oxygen atoms in total. The minimum Gasteiger partial charge on any atom is -0.399 e. The Kier molecular flexibility index (Phi) is 3.04. The molecule has 0 fully saturated rings. The minimum absolute atomic E-state index is 0.776. The summed E-state index contributed by atoms with van der Waals surface area (Å²) in [5.41, 5.74) is 9.53. The number of aryl methyl sites for hydroxylation is 2. The highest BCUT2D eigenvalue weighted by Gasteiger charge is 2.05. The Morgan fingerprint density at radius 3 is 2.69 bits per heavy atom. The van der Waals surface area contributed by atoms with Gasteiger partial charge in [0.05, 0.1) is 17.1 Å². The van der Waals surface area contributed by atoms with Gasteiger partial charge in [-0.15, -0.1) is 0 Å². The molecule has 0 amide bonds. The highest BCUT2D eigenvalue weighted by Crippen LogP contribution is 2.25. The lowest BCUT2D eigenvalue weighted by Crippen LogP contribution is -1.95. The van der Waals surface area contributed by atoms with Crippen LogP contribution in [0.25, 0.3) is 0 Å². The molecule has 1 aromatic heterocycles. The van der Waals surface area contributed by atoms with E-state index in [0.717, 1.165) is 26.3 Å². The number of nitrogens with zero attached hydrogens (tertiary/aromatic N) is 2. The van der Waals surface area contributed by atoms with Gasteiger partial charge in [0.2, 0.25) is 0 Å². The molecule has 0 saturated heterocycles. The summed E-state index contributed by atoms with van der Waals surface area (Å²) in [5, 5.41) is 7.62. The Balaban J connectivity index is 2.30. The van der Waals surface area contributed by atoms with Gasteiger partial charge >= 0.3 is 0 Å². The van der Waals surface area contributed by atoms with Crippen LogP contribution >= 0.6 is 22.6 Å². The van der Waals surface area contributed by atoms with Crippen molar-refractivity contribution in [1.82, 2.24) is 9.78 Å². The van der Waals surface area contributed by atoms with E-state index < -0.39 is 0 Å². The van der Waals surface area contributed by atoms with Crippen LogP contribution in [0.4, 0.5) is 17.1 Å². The molecule has 0 spiro atoms. The average molecular weight is 328 g/mol. The Hall–Kier alpha value is -1.24. The fourth-order valence-corrected chi connectivity index (χ4v) is 2.17. The average Bonchev–Trinajstić information content (AvgIpc) is 2.50. The zero-order chi connectivity index (χ0) is 11.7. The molecular weight excluding hydrogens is 315 g/mol. The summed E-state index contributed by atoms with van der Waals surface area (Å²) in [7, 11) is 1.91. The molecule has 1 heterocycles. The van der Waals surface area contributed by atoms with Crippen molar-refractivity contribution in [3.05, 3.63) is 33.7 Å². The van der Waals surface area contributed by atoms with Crippen LogP contribution in [0.2, 0.25) is 0 Å². The molecule has 0 unspecified atom stereocenters. The molecule has 0 saturated carbocycles. The van der Waals surface area contributed by atoms with E-state index in [-0.39, 0.29) is 0 Å². The van der Waals surface area contributed by atoms with Crippen LogP contribution in [0.5, 0.6) is 0 Å². The SMILES string of the molecule is Cc1nn(C)cc1Nc1ccc(N)cc1I. The maximum absolute atomic E-state index is 5.71. The molecule has 0 bridgehead atoms. The number of nitrogen functional groups attached to an aromatic ring is 1. The monoisotopic (exact) mass is 328 g/mol. The quantitative estimate of drug-likeness (QED) is 0.658. The third-order valence-corrected chi connectivity index (χ3v) is 3.17. The normalized spacial score (nSPS) is 10.4. The van der Waals surface area contributed by atoms with Crippen molar-refractivity contribution in [3.8, 4) is 0 Å². The topological polar surface area (TPSA) is 55.9 Å². The van der Waals surface area contributed by atoms with Gasteiger partial charge in [-0.1, -0.05) is 0 Å². The summed E-state index contributed by atoms with van der Waals surface area (Å²) in [6, 6.07) is 5.80. The Morgan fingerprint density at radius 2 is 2.12 bits per heavy atom. The highest BCUT2D eigenvalue weighted by molar-refractivity contribution is 14.1. The second kappa shape index (κ2) is 4.32. The van der Waals surface area contributed by atoms with E-state index >= 15 is 0 Å². The summed E-state index contributed by atoms with van der Waals surface area (Å²) in [4.78, 5) is 0. The van der Waals surface area contributed by atoms with Gasteiger partial charge in [0.1, 0.15) is 0 Å². The van der Waals surface area contributed by atoms with E-state index in [2.05, 4.69) is 33.0 Å². The molecule has 0 aliphatic heterocycles. The maximum Gasteiger partial charge on any atom is 0.0828 e. The fourth-order valence-electron chi connectivity index (χ4n) is 1.50. The third-order valence-electron chi connectivity index (χ3n) is 2.28. The number of benzene rings is 1. The standard InChI is InChI=1S/C11H13IN4/c1-7-11(6-16(2)15-7)14-10-4-3-8(13)5-9(10)12/h3-6,14H,13H2,1-2H3. The summed E-state index contributed by atoms with van der Waals surface area (Å²) in [6.45, 7) is 1.98. The van der Waals surface area contributed by atoms with Crippen LogP contribution in [0.15, 0.2) is 24.4 Å². The molecule has 16 heavy (non-hydrogen) atoms. The number of hydrogen-bond donors (Lipinski definition) is 2. The maximum atomic E-state index is 5.71. The molecule has 0 aliphatic carbocycles. The number of aromatic nitrogens is 2. The van der Waals surface area contributed by atoms with E-state index in [1.54, 1.807) is 4.68 Å². The van der Waals surface area contributed by atoms with E-state index in [0.29, 0.717) is 0 Å². The molecule has 0 atom stereocenters. The predicted molar refractivity (Wildman–Crippen MR) is 74.8 cm³/mol. The Labute approximate surface area is 108 Å². The van der Waals surface area contributed by atoms with Crippen LogP contribution in [0.3, 0.4) is 0 Å². The predicted octanol–water partition coefficient (Wildman–Crippen LogP) is 2.66. The lowest BCUT2D eigenvalue weighted by Gasteiger charge is -2.07. The smallest absolute Gasteiger partial charge is 0.0828 e. The van der Waals surface area contributed by atoms with Crippen molar-refractivity contribution in [2.45, 2.75) is 6.92 Å². The minimum atomic E-state index is 0.776. The second-order valence-corrected chi connectivity index (χ2v) is 4.83. The first-order valence-electron chi connectivity index (χ1n) is 4.88. The molecule has 84 valence electrons.